The maximum atomic E-state index is 13.5. The highest BCUT2D eigenvalue weighted by atomic mass is 19.1. The van der Waals surface area contributed by atoms with Crippen molar-refractivity contribution < 1.29 is 28.5 Å². The lowest BCUT2D eigenvalue weighted by Gasteiger charge is -2.31. The molecule has 2 aliphatic rings. The molecule has 0 spiro atoms. The lowest BCUT2D eigenvalue weighted by Crippen LogP contribution is -3.28. The summed E-state index contributed by atoms with van der Waals surface area (Å²) in [5.41, 5.74) is 0.868. The van der Waals surface area contributed by atoms with Gasteiger partial charge in [-0.2, -0.15) is 0 Å². The quantitative estimate of drug-likeness (QED) is 0.521. The van der Waals surface area contributed by atoms with Gasteiger partial charge in [-0.25, -0.2) is 14.1 Å². The van der Waals surface area contributed by atoms with Crippen molar-refractivity contribution in [3.63, 3.8) is 0 Å². The van der Waals surface area contributed by atoms with Gasteiger partial charge in [-0.3, -0.25) is 4.79 Å². The Balaban J connectivity index is 1.52. The summed E-state index contributed by atoms with van der Waals surface area (Å²) < 4.78 is 18.9. The second-order valence-corrected chi connectivity index (χ2v) is 7.35. The molecule has 3 N–H and O–H groups in total. The summed E-state index contributed by atoms with van der Waals surface area (Å²) in [6, 6.07) is 3.96. The topological polar surface area (TPSA) is 67.5 Å². The van der Waals surface area contributed by atoms with E-state index >= 15 is 0 Å². The minimum absolute atomic E-state index is 0.103. The number of rotatable bonds is 7. The number of hydrogen-bond donors (Lipinski definition) is 3. The van der Waals surface area contributed by atoms with E-state index in [0.717, 1.165) is 38.2 Å². The number of nitrogens with zero attached hydrogens (tertiary/aromatic N) is 1. The summed E-state index contributed by atoms with van der Waals surface area (Å²) in [7, 11) is 1.60. The summed E-state index contributed by atoms with van der Waals surface area (Å²) in [6.45, 7) is 6.65. The van der Waals surface area contributed by atoms with Crippen LogP contribution < -0.4 is 19.9 Å². The molecule has 7 nitrogen and oxygen atoms in total. The van der Waals surface area contributed by atoms with Gasteiger partial charge in [0.25, 0.3) is 5.91 Å². The molecule has 2 heterocycles. The average Bonchev–Trinajstić information content (AvgIpc) is 2.91. The minimum Gasteiger partial charge on any atom is -0.496 e. The van der Waals surface area contributed by atoms with Crippen molar-refractivity contribution in [2.75, 3.05) is 40.0 Å². The zero-order valence-corrected chi connectivity index (χ0v) is 16.0. The molecule has 148 valence electrons. The number of carbonyl (C=O) groups excluding carboxylic acids is 2. The molecule has 0 saturated carbocycles. The van der Waals surface area contributed by atoms with E-state index in [4.69, 9.17) is 4.74 Å². The van der Waals surface area contributed by atoms with Crippen LogP contribution in [0.15, 0.2) is 18.2 Å². The van der Waals surface area contributed by atoms with E-state index in [0.29, 0.717) is 25.4 Å². The van der Waals surface area contributed by atoms with Crippen LogP contribution in [-0.4, -0.2) is 62.8 Å². The number of halogens is 1. The second-order valence-electron chi connectivity index (χ2n) is 7.35. The third-order valence-corrected chi connectivity index (χ3v) is 5.41. The first-order chi connectivity index (χ1) is 13.0. The molecule has 3 amide bonds. The second kappa shape index (κ2) is 8.67. The van der Waals surface area contributed by atoms with E-state index in [1.54, 1.807) is 13.2 Å². The SMILES string of the molecule is CCC[C@H]1NC(=O)N(C[NH+]2CC[NH+](Cc3cc(F)ccc3OC)CC2)C1=O. The minimum atomic E-state index is -0.366. The fourth-order valence-corrected chi connectivity index (χ4v) is 3.88. The Labute approximate surface area is 159 Å². The highest BCUT2D eigenvalue weighted by Crippen LogP contribution is 2.18. The van der Waals surface area contributed by atoms with Gasteiger partial charge in [-0.1, -0.05) is 13.3 Å². The fraction of sp³-hybridized carbons (Fsp3) is 0.579. The zero-order valence-electron chi connectivity index (χ0n) is 16.0. The van der Waals surface area contributed by atoms with Crippen LogP contribution in [-0.2, 0) is 11.3 Å². The summed E-state index contributed by atoms with van der Waals surface area (Å²) >= 11 is 0. The van der Waals surface area contributed by atoms with Crippen LogP contribution in [0.25, 0.3) is 0 Å². The molecule has 1 aromatic rings. The van der Waals surface area contributed by atoms with Crippen LogP contribution in [0.5, 0.6) is 5.75 Å². The van der Waals surface area contributed by atoms with Gasteiger partial charge in [-0.15, -0.1) is 0 Å². The first-order valence-corrected chi connectivity index (χ1v) is 9.63. The molecule has 2 fully saturated rings. The van der Waals surface area contributed by atoms with Gasteiger partial charge in [-0.05, 0) is 24.6 Å². The van der Waals surface area contributed by atoms with E-state index in [-0.39, 0.29) is 23.8 Å². The summed E-state index contributed by atoms with van der Waals surface area (Å²) in [5.74, 6) is 0.350. The predicted molar refractivity (Wildman–Crippen MR) is 97.0 cm³/mol. The van der Waals surface area contributed by atoms with Crippen molar-refractivity contribution in [1.82, 2.24) is 10.2 Å². The number of carbonyl (C=O) groups is 2. The highest BCUT2D eigenvalue weighted by molar-refractivity contribution is 6.03. The largest absolute Gasteiger partial charge is 0.496 e. The first-order valence-electron chi connectivity index (χ1n) is 9.63. The lowest BCUT2D eigenvalue weighted by molar-refractivity contribution is -1.02. The van der Waals surface area contributed by atoms with Gasteiger partial charge in [0.2, 0.25) is 0 Å². The third-order valence-electron chi connectivity index (χ3n) is 5.41. The molecule has 27 heavy (non-hydrogen) atoms. The van der Waals surface area contributed by atoms with Gasteiger partial charge in [0.05, 0.1) is 12.7 Å². The van der Waals surface area contributed by atoms with Crippen molar-refractivity contribution in [2.24, 2.45) is 0 Å². The number of methoxy groups -OCH3 is 1. The molecule has 0 radical (unpaired) electrons. The number of piperazine rings is 1. The molecule has 8 heteroatoms. The van der Waals surface area contributed by atoms with Gasteiger partial charge >= 0.3 is 6.03 Å². The molecule has 0 aliphatic carbocycles. The number of ether oxygens (including phenoxy) is 1. The third kappa shape index (κ3) is 4.56. The molecule has 1 aromatic carbocycles. The Hall–Kier alpha value is -2.19. The summed E-state index contributed by atoms with van der Waals surface area (Å²) in [6.07, 6.45) is 1.55. The lowest BCUT2D eigenvalue weighted by atomic mass is 10.1. The normalized spacial score (nSPS) is 25.6. The Morgan fingerprint density at radius 1 is 1.22 bits per heavy atom. The fourth-order valence-electron chi connectivity index (χ4n) is 3.88. The number of nitrogens with one attached hydrogen (secondary N) is 3. The zero-order chi connectivity index (χ0) is 19.4. The molecule has 2 saturated heterocycles. The van der Waals surface area contributed by atoms with E-state index in [2.05, 4.69) is 5.32 Å². The Bertz CT molecular complexity index is 692. The highest BCUT2D eigenvalue weighted by Gasteiger charge is 2.40. The van der Waals surface area contributed by atoms with Crippen LogP contribution in [0.3, 0.4) is 0 Å². The average molecular weight is 380 g/mol. The van der Waals surface area contributed by atoms with Gasteiger partial charge < -0.3 is 19.9 Å². The van der Waals surface area contributed by atoms with Gasteiger partial charge in [0.15, 0.2) is 6.67 Å². The molecule has 0 unspecified atom stereocenters. The van der Waals surface area contributed by atoms with Crippen molar-refractivity contribution in [3.8, 4) is 5.75 Å². The Morgan fingerprint density at radius 3 is 2.59 bits per heavy atom. The molecule has 2 aliphatic heterocycles. The monoisotopic (exact) mass is 380 g/mol. The summed E-state index contributed by atoms with van der Waals surface area (Å²) in [5, 5.41) is 2.77. The molecule has 0 aromatic heterocycles. The Kier molecular flexibility index (Phi) is 6.28. The van der Waals surface area contributed by atoms with Crippen molar-refractivity contribution in [2.45, 2.75) is 32.4 Å². The molecule has 3 rings (SSSR count). The van der Waals surface area contributed by atoms with E-state index in [9.17, 15) is 14.0 Å². The summed E-state index contributed by atoms with van der Waals surface area (Å²) in [4.78, 5) is 28.4. The van der Waals surface area contributed by atoms with Gasteiger partial charge in [0.1, 0.15) is 50.3 Å². The van der Waals surface area contributed by atoms with E-state index in [1.807, 2.05) is 6.92 Å². The molecular weight excluding hydrogens is 351 g/mol. The number of hydrogen-bond acceptors (Lipinski definition) is 3. The number of urea groups is 1. The van der Waals surface area contributed by atoms with Crippen LogP contribution in [0.4, 0.5) is 9.18 Å². The molecule has 0 bridgehead atoms. The van der Waals surface area contributed by atoms with Crippen molar-refractivity contribution >= 4 is 11.9 Å². The Morgan fingerprint density at radius 2 is 1.93 bits per heavy atom. The molecular formula is C19H29FN4O3+2. The van der Waals surface area contributed by atoms with Crippen molar-refractivity contribution in [1.29, 1.82) is 0 Å². The number of imide groups is 1. The van der Waals surface area contributed by atoms with Crippen LogP contribution in [0.2, 0.25) is 0 Å². The van der Waals surface area contributed by atoms with Crippen LogP contribution in [0.1, 0.15) is 25.3 Å². The number of benzene rings is 1. The maximum absolute atomic E-state index is 13.5. The van der Waals surface area contributed by atoms with Gasteiger partial charge in [0, 0.05) is 0 Å². The molecule has 1 atom stereocenters. The maximum Gasteiger partial charge on any atom is 0.329 e. The smallest absolute Gasteiger partial charge is 0.329 e. The predicted octanol–water partition coefficient (Wildman–Crippen LogP) is -1.20. The standard InChI is InChI=1S/C19H27FN4O3/c1-3-4-16-18(25)24(19(26)21-16)13-23-9-7-22(8-10-23)12-14-11-15(20)5-6-17(14)27-2/h5-6,11,16H,3-4,7-10,12-13H2,1-2H3,(H,21,26)/p+2/t16-/m1/s1. The van der Waals surface area contributed by atoms with Crippen LogP contribution in [0, 0.1) is 5.82 Å². The first kappa shape index (κ1) is 19.6. The van der Waals surface area contributed by atoms with Crippen LogP contribution >= 0.6 is 0 Å². The van der Waals surface area contributed by atoms with E-state index < -0.39 is 0 Å². The number of quaternary nitrogens is 2. The number of amides is 3. The van der Waals surface area contributed by atoms with Crippen molar-refractivity contribution in [3.05, 3.63) is 29.6 Å². The van der Waals surface area contributed by atoms with E-state index in [1.165, 1.54) is 26.8 Å².